The van der Waals surface area contributed by atoms with E-state index in [1.165, 1.54) is 7.11 Å². The number of halogens is 3. The van der Waals surface area contributed by atoms with Crippen molar-refractivity contribution in [2.24, 2.45) is 5.92 Å². The van der Waals surface area contributed by atoms with Crippen molar-refractivity contribution >= 4 is 0 Å². The molecule has 2 atom stereocenters. The SMILES string of the molecule is COC(C(O)CCC(F)(F)F)C1CC1. The first-order valence-corrected chi connectivity index (χ1v) is 4.71. The maximum absolute atomic E-state index is 11.8. The van der Waals surface area contributed by atoms with Gasteiger partial charge in [0.15, 0.2) is 0 Å². The van der Waals surface area contributed by atoms with E-state index in [9.17, 15) is 18.3 Å². The van der Waals surface area contributed by atoms with Crippen LogP contribution in [0.3, 0.4) is 0 Å². The Kier molecular flexibility index (Phi) is 3.78. The van der Waals surface area contributed by atoms with Crippen molar-refractivity contribution < 1.29 is 23.0 Å². The first kappa shape index (κ1) is 11.8. The Balaban J connectivity index is 2.28. The van der Waals surface area contributed by atoms with E-state index in [-0.39, 0.29) is 12.3 Å². The second kappa shape index (κ2) is 4.49. The molecule has 0 heterocycles. The van der Waals surface area contributed by atoms with Gasteiger partial charge in [0.2, 0.25) is 0 Å². The molecule has 0 aliphatic heterocycles. The molecule has 0 aromatic rings. The molecule has 2 unspecified atom stereocenters. The molecular formula is C9H15F3O2. The summed E-state index contributed by atoms with van der Waals surface area (Å²) in [5.74, 6) is 0.253. The number of rotatable bonds is 5. The highest BCUT2D eigenvalue weighted by Crippen LogP contribution is 2.37. The van der Waals surface area contributed by atoms with Gasteiger partial charge in [-0.3, -0.25) is 0 Å². The van der Waals surface area contributed by atoms with Gasteiger partial charge in [0.05, 0.1) is 12.2 Å². The Morgan fingerprint density at radius 1 is 1.43 bits per heavy atom. The van der Waals surface area contributed by atoms with Gasteiger partial charge in [0.25, 0.3) is 0 Å². The lowest BCUT2D eigenvalue weighted by molar-refractivity contribution is -0.145. The third-order valence-electron chi connectivity index (χ3n) is 2.46. The van der Waals surface area contributed by atoms with Crippen molar-refractivity contribution in [2.45, 2.75) is 44.1 Å². The van der Waals surface area contributed by atoms with Gasteiger partial charge in [-0.05, 0) is 25.2 Å². The van der Waals surface area contributed by atoms with Crippen LogP contribution in [0.4, 0.5) is 13.2 Å². The van der Waals surface area contributed by atoms with Gasteiger partial charge in [-0.25, -0.2) is 0 Å². The third kappa shape index (κ3) is 3.84. The lowest BCUT2D eigenvalue weighted by Gasteiger charge is -2.21. The number of hydrogen-bond acceptors (Lipinski definition) is 2. The fourth-order valence-corrected chi connectivity index (χ4v) is 1.56. The molecule has 1 aliphatic carbocycles. The summed E-state index contributed by atoms with van der Waals surface area (Å²) in [6.45, 7) is 0. The highest BCUT2D eigenvalue weighted by atomic mass is 19.4. The van der Waals surface area contributed by atoms with Gasteiger partial charge in [0.1, 0.15) is 0 Å². The molecule has 2 nitrogen and oxygen atoms in total. The van der Waals surface area contributed by atoms with E-state index in [2.05, 4.69) is 0 Å². The van der Waals surface area contributed by atoms with Crippen molar-refractivity contribution in [1.29, 1.82) is 0 Å². The maximum Gasteiger partial charge on any atom is 0.389 e. The third-order valence-corrected chi connectivity index (χ3v) is 2.46. The molecule has 0 aromatic carbocycles. The van der Waals surface area contributed by atoms with E-state index in [4.69, 9.17) is 4.74 Å². The standard InChI is InChI=1S/C9H15F3O2/c1-14-8(6-2-3-6)7(13)4-5-9(10,11)12/h6-8,13H,2-5H2,1H3. The second-order valence-electron chi connectivity index (χ2n) is 3.76. The molecule has 84 valence electrons. The maximum atomic E-state index is 11.8. The molecule has 5 heteroatoms. The molecule has 1 fully saturated rings. The molecule has 1 rings (SSSR count). The Labute approximate surface area is 81.1 Å². The predicted molar refractivity (Wildman–Crippen MR) is 44.8 cm³/mol. The summed E-state index contributed by atoms with van der Waals surface area (Å²) >= 11 is 0. The van der Waals surface area contributed by atoms with Crippen LogP contribution in [-0.2, 0) is 4.74 Å². The normalized spacial score (nSPS) is 22.1. The summed E-state index contributed by atoms with van der Waals surface area (Å²) in [5.41, 5.74) is 0. The smallest absolute Gasteiger partial charge is 0.389 e. The van der Waals surface area contributed by atoms with Crippen molar-refractivity contribution in [3.8, 4) is 0 Å². The minimum Gasteiger partial charge on any atom is -0.390 e. The largest absolute Gasteiger partial charge is 0.390 e. The summed E-state index contributed by atoms with van der Waals surface area (Å²) in [6, 6.07) is 0. The Bertz CT molecular complexity index is 177. The monoisotopic (exact) mass is 212 g/mol. The van der Waals surface area contributed by atoms with Crippen LogP contribution in [0.5, 0.6) is 0 Å². The van der Waals surface area contributed by atoms with Gasteiger partial charge < -0.3 is 9.84 Å². The molecule has 1 aliphatic rings. The van der Waals surface area contributed by atoms with Gasteiger partial charge in [-0.2, -0.15) is 13.2 Å². The minimum absolute atomic E-state index is 0.253. The van der Waals surface area contributed by atoms with E-state index >= 15 is 0 Å². The molecule has 0 bridgehead atoms. The van der Waals surface area contributed by atoms with Gasteiger partial charge >= 0.3 is 6.18 Å². The zero-order chi connectivity index (χ0) is 10.8. The van der Waals surface area contributed by atoms with Crippen LogP contribution < -0.4 is 0 Å². The van der Waals surface area contributed by atoms with Gasteiger partial charge in [0, 0.05) is 13.5 Å². The van der Waals surface area contributed by atoms with Gasteiger partial charge in [-0.1, -0.05) is 0 Å². The van der Waals surface area contributed by atoms with Crippen LogP contribution in [0.1, 0.15) is 25.7 Å². The number of methoxy groups -OCH3 is 1. The van der Waals surface area contributed by atoms with E-state index < -0.39 is 24.8 Å². The fourth-order valence-electron chi connectivity index (χ4n) is 1.56. The van der Waals surface area contributed by atoms with Crippen molar-refractivity contribution in [3.05, 3.63) is 0 Å². The summed E-state index contributed by atoms with van der Waals surface area (Å²) < 4.78 is 40.5. The Morgan fingerprint density at radius 2 is 2.00 bits per heavy atom. The predicted octanol–water partition coefficient (Wildman–Crippen LogP) is 2.11. The van der Waals surface area contributed by atoms with Crippen molar-refractivity contribution in [1.82, 2.24) is 0 Å². The highest BCUT2D eigenvalue weighted by Gasteiger charge is 2.37. The van der Waals surface area contributed by atoms with Crippen LogP contribution >= 0.6 is 0 Å². The number of ether oxygens (including phenoxy) is 1. The first-order valence-electron chi connectivity index (χ1n) is 4.71. The van der Waals surface area contributed by atoms with E-state index in [0.717, 1.165) is 12.8 Å². The topological polar surface area (TPSA) is 29.5 Å². The molecule has 0 saturated heterocycles. The molecule has 0 aromatic heterocycles. The average molecular weight is 212 g/mol. The zero-order valence-electron chi connectivity index (χ0n) is 8.05. The molecule has 1 N–H and O–H groups in total. The lowest BCUT2D eigenvalue weighted by Crippen LogP contribution is -2.31. The number of alkyl halides is 3. The number of aliphatic hydroxyl groups excluding tert-OH is 1. The summed E-state index contributed by atoms with van der Waals surface area (Å²) in [4.78, 5) is 0. The van der Waals surface area contributed by atoms with Crippen LogP contribution in [-0.4, -0.2) is 30.6 Å². The average Bonchev–Trinajstić information content (AvgIpc) is 2.85. The Hall–Kier alpha value is -0.290. The van der Waals surface area contributed by atoms with Crippen molar-refractivity contribution in [2.75, 3.05) is 7.11 Å². The number of hydrogen-bond donors (Lipinski definition) is 1. The summed E-state index contributed by atoms with van der Waals surface area (Å²) in [6.07, 6.45) is -4.92. The van der Waals surface area contributed by atoms with E-state index in [1.807, 2.05) is 0 Å². The van der Waals surface area contributed by atoms with Gasteiger partial charge in [-0.15, -0.1) is 0 Å². The zero-order valence-corrected chi connectivity index (χ0v) is 8.05. The Morgan fingerprint density at radius 3 is 2.36 bits per heavy atom. The molecule has 1 saturated carbocycles. The second-order valence-corrected chi connectivity index (χ2v) is 3.76. The molecule has 0 radical (unpaired) electrons. The molecular weight excluding hydrogens is 197 g/mol. The minimum atomic E-state index is -4.19. The summed E-state index contributed by atoms with van der Waals surface area (Å²) in [7, 11) is 1.43. The van der Waals surface area contributed by atoms with Crippen LogP contribution in [0.25, 0.3) is 0 Å². The quantitative estimate of drug-likeness (QED) is 0.756. The first-order chi connectivity index (χ1) is 6.44. The van der Waals surface area contributed by atoms with Crippen LogP contribution in [0.2, 0.25) is 0 Å². The molecule has 14 heavy (non-hydrogen) atoms. The van der Waals surface area contributed by atoms with Crippen molar-refractivity contribution in [3.63, 3.8) is 0 Å². The molecule has 0 spiro atoms. The van der Waals surface area contributed by atoms with E-state index in [0.29, 0.717) is 0 Å². The fraction of sp³-hybridized carbons (Fsp3) is 1.00. The molecule has 0 amide bonds. The summed E-state index contributed by atoms with van der Waals surface area (Å²) in [5, 5.41) is 9.46. The number of aliphatic hydroxyl groups is 1. The van der Waals surface area contributed by atoms with E-state index in [1.54, 1.807) is 0 Å². The lowest BCUT2D eigenvalue weighted by atomic mass is 10.0. The highest BCUT2D eigenvalue weighted by molar-refractivity contribution is 4.86. The van der Waals surface area contributed by atoms with Crippen LogP contribution in [0.15, 0.2) is 0 Å². The van der Waals surface area contributed by atoms with Crippen LogP contribution in [0, 0.1) is 5.92 Å².